The molecule has 1 aromatic carbocycles. The second kappa shape index (κ2) is 7.04. The first-order valence-electron chi connectivity index (χ1n) is 6.83. The van der Waals surface area contributed by atoms with Crippen molar-refractivity contribution in [1.29, 1.82) is 0 Å². The van der Waals surface area contributed by atoms with Crippen LogP contribution in [0.4, 0.5) is 4.39 Å². The van der Waals surface area contributed by atoms with Crippen molar-refractivity contribution in [2.45, 2.75) is 49.4 Å². The lowest BCUT2D eigenvalue weighted by atomic mass is 10.1. The van der Waals surface area contributed by atoms with Gasteiger partial charge in [-0.05, 0) is 30.5 Å². The summed E-state index contributed by atoms with van der Waals surface area (Å²) < 4.78 is 13.1. The normalized spacial score (nSPS) is 23.7. The highest BCUT2D eigenvalue weighted by atomic mass is 79.9. The van der Waals surface area contributed by atoms with Gasteiger partial charge in [0.15, 0.2) is 0 Å². The van der Waals surface area contributed by atoms with Crippen molar-refractivity contribution in [2.24, 2.45) is 0 Å². The first kappa shape index (κ1) is 14.5. The summed E-state index contributed by atoms with van der Waals surface area (Å²) in [6.07, 6.45) is 5.97. The van der Waals surface area contributed by atoms with E-state index in [1.165, 1.54) is 25.0 Å². The summed E-state index contributed by atoms with van der Waals surface area (Å²) in [6, 6.07) is 6.42. The van der Waals surface area contributed by atoms with Crippen LogP contribution in [0, 0.1) is 5.82 Å². The fourth-order valence-electron chi connectivity index (χ4n) is 2.52. The van der Waals surface area contributed by atoms with E-state index in [0.717, 1.165) is 24.8 Å². The quantitative estimate of drug-likeness (QED) is 0.667. The highest BCUT2D eigenvalue weighted by molar-refractivity contribution is 9.09. The average molecular weight is 328 g/mol. The van der Waals surface area contributed by atoms with Crippen molar-refractivity contribution in [2.75, 3.05) is 0 Å². The molecule has 0 aromatic heterocycles. The zero-order chi connectivity index (χ0) is 13.7. The molecule has 4 heteroatoms. The van der Waals surface area contributed by atoms with Crippen molar-refractivity contribution in [1.82, 2.24) is 5.32 Å². The van der Waals surface area contributed by atoms with E-state index in [-0.39, 0.29) is 24.2 Å². The fraction of sp³-hybridized carbons (Fsp3) is 0.533. The third-order valence-corrected chi connectivity index (χ3v) is 4.63. The van der Waals surface area contributed by atoms with Crippen LogP contribution in [0.5, 0.6) is 0 Å². The molecular formula is C15H19BrFNO. The third-order valence-electron chi connectivity index (χ3n) is 3.53. The molecule has 2 atom stereocenters. The predicted octanol–water partition coefficient (Wildman–Crippen LogP) is 3.58. The Labute approximate surface area is 121 Å². The number of hydrogen-bond donors (Lipinski definition) is 1. The molecule has 0 saturated heterocycles. The van der Waals surface area contributed by atoms with Crippen LogP contribution >= 0.6 is 15.9 Å². The van der Waals surface area contributed by atoms with Crippen molar-refractivity contribution in [3.8, 4) is 0 Å². The van der Waals surface area contributed by atoms with Gasteiger partial charge in [-0.1, -0.05) is 47.3 Å². The van der Waals surface area contributed by atoms with Crippen LogP contribution in [0.25, 0.3) is 0 Å². The lowest BCUT2D eigenvalue weighted by Gasteiger charge is -2.21. The van der Waals surface area contributed by atoms with E-state index in [1.807, 2.05) is 0 Å². The largest absolute Gasteiger partial charge is 0.352 e. The van der Waals surface area contributed by atoms with Crippen LogP contribution in [0.15, 0.2) is 24.3 Å². The maximum absolute atomic E-state index is 13.1. The Hall–Kier alpha value is -0.900. The number of carbonyl (C=O) groups is 1. The highest BCUT2D eigenvalue weighted by Gasteiger charge is 2.22. The Morgan fingerprint density at radius 3 is 2.89 bits per heavy atom. The number of nitrogens with one attached hydrogen (secondary N) is 1. The fourth-order valence-corrected chi connectivity index (χ4v) is 3.24. The van der Waals surface area contributed by atoms with Gasteiger partial charge in [-0.15, -0.1) is 0 Å². The molecule has 1 N–H and O–H groups in total. The van der Waals surface area contributed by atoms with E-state index in [0.29, 0.717) is 4.83 Å². The molecule has 1 aromatic rings. The monoisotopic (exact) mass is 327 g/mol. The highest BCUT2D eigenvalue weighted by Crippen LogP contribution is 2.23. The van der Waals surface area contributed by atoms with E-state index >= 15 is 0 Å². The summed E-state index contributed by atoms with van der Waals surface area (Å²) in [5, 5.41) is 3.07. The van der Waals surface area contributed by atoms with Gasteiger partial charge in [-0.2, -0.15) is 0 Å². The number of rotatable bonds is 3. The van der Waals surface area contributed by atoms with E-state index in [9.17, 15) is 9.18 Å². The standard InChI is InChI=1S/C15H19BrFNO/c16-13-7-2-1-3-8-14(13)18-15(19)10-11-5-4-6-12(17)9-11/h4-6,9,13-14H,1-3,7-8,10H2,(H,18,19). The SMILES string of the molecule is O=C(Cc1cccc(F)c1)NC1CCCCCC1Br. The Morgan fingerprint density at radius 2 is 2.11 bits per heavy atom. The topological polar surface area (TPSA) is 29.1 Å². The molecule has 0 aliphatic heterocycles. The molecular weight excluding hydrogens is 309 g/mol. The molecule has 1 aliphatic carbocycles. The van der Waals surface area contributed by atoms with Gasteiger partial charge < -0.3 is 5.32 Å². The molecule has 0 heterocycles. The number of alkyl halides is 1. The maximum Gasteiger partial charge on any atom is 0.224 e. The van der Waals surface area contributed by atoms with Crippen molar-refractivity contribution < 1.29 is 9.18 Å². The minimum atomic E-state index is -0.293. The Balaban J connectivity index is 1.89. The summed E-state index contributed by atoms with van der Waals surface area (Å²) in [6.45, 7) is 0. The van der Waals surface area contributed by atoms with Crippen LogP contribution in [-0.2, 0) is 11.2 Å². The van der Waals surface area contributed by atoms with Gasteiger partial charge in [-0.3, -0.25) is 4.79 Å². The number of benzene rings is 1. The lowest BCUT2D eigenvalue weighted by Crippen LogP contribution is -2.41. The van der Waals surface area contributed by atoms with E-state index in [1.54, 1.807) is 12.1 Å². The molecule has 1 saturated carbocycles. The smallest absolute Gasteiger partial charge is 0.224 e. The molecule has 1 amide bonds. The van der Waals surface area contributed by atoms with Crippen LogP contribution < -0.4 is 5.32 Å². The molecule has 0 bridgehead atoms. The van der Waals surface area contributed by atoms with Gasteiger partial charge in [0.2, 0.25) is 5.91 Å². The van der Waals surface area contributed by atoms with E-state index < -0.39 is 0 Å². The summed E-state index contributed by atoms with van der Waals surface area (Å²) >= 11 is 3.66. The zero-order valence-electron chi connectivity index (χ0n) is 10.9. The van der Waals surface area contributed by atoms with Gasteiger partial charge >= 0.3 is 0 Å². The van der Waals surface area contributed by atoms with Crippen LogP contribution in [0.1, 0.15) is 37.7 Å². The summed E-state index contributed by atoms with van der Waals surface area (Å²) in [5.74, 6) is -0.319. The van der Waals surface area contributed by atoms with Gasteiger partial charge in [0, 0.05) is 10.9 Å². The predicted molar refractivity (Wildman–Crippen MR) is 77.8 cm³/mol. The number of amides is 1. The lowest BCUT2D eigenvalue weighted by molar-refractivity contribution is -0.121. The molecule has 1 aliphatic rings. The molecule has 1 fully saturated rings. The van der Waals surface area contributed by atoms with Gasteiger partial charge in [0.1, 0.15) is 5.82 Å². The first-order valence-corrected chi connectivity index (χ1v) is 7.74. The maximum atomic E-state index is 13.1. The molecule has 0 spiro atoms. The van der Waals surface area contributed by atoms with Crippen molar-refractivity contribution >= 4 is 21.8 Å². The third kappa shape index (κ3) is 4.60. The Morgan fingerprint density at radius 1 is 1.32 bits per heavy atom. The summed E-state index contributed by atoms with van der Waals surface area (Å²) in [5.41, 5.74) is 0.720. The van der Waals surface area contributed by atoms with Gasteiger partial charge in [-0.25, -0.2) is 4.39 Å². The molecule has 104 valence electrons. The van der Waals surface area contributed by atoms with Crippen molar-refractivity contribution in [3.63, 3.8) is 0 Å². The average Bonchev–Trinajstić information content (AvgIpc) is 2.55. The van der Waals surface area contributed by atoms with Crippen molar-refractivity contribution in [3.05, 3.63) is 35.6 Å². The van der Waals surface area contributed by atoms with Gasteiger partial charge in [0.05, 0.1) is 6.42 Å². The minimum Gasteiger partial charge on any atom is -0.352 e. The van der Waals surface area contributed by atoms with Crippen LogP contribution in [0.2, 0.25) is 0 Å². The summed E-state index contributed by atoms with van der Waals surface area (Å²) in [4.78, 5) is 12.3. The van der Waals surface area contributed by atoms with E-state index in [4.69, 9.17) is 0 Å². The molecule has 0 radical (unpaired) electrons. The molecule has 2 rings (SSSR count). The Kier molecular flexibility index (Phi) is 5.37. The van der Waals surface area contributed by atoms with E-state index in [2.05, 4.69) is 21.2 Å². The molecule has 19 heavy (non-hydrogen) atoms. The van der Waals surface area contributed by atoms with Crippen LogP contribution in [0.3, 0.4) is 0 Å². The zero-order valence-corrected chi connectivity index (χ0v) is 12.5. The second-order valence-electron chi connectivity index (χ2n) is 5.13. The number of carbonyl (C=O) groups excluding carboxylic acids is 1. The molecule has 2 unspecified atom stereocenters. The molecule has 2 nitrogen and oxygen atoms in total. The van der Waals surface area contributed by atoms with Gasteiger partial charge in [0.25, 0.3) is 0 Å². The Bertz CT molecular complexity index is 438. The number of halogens is 2. The first-order chi connectivity index (χ1) is 9.15. The van der Waals surface area contributed by atoms with Crippen LogP contribution in [-0.4, -0.2) is 16.8 Å². The second-order valence-corrected chi connectivity index (χ2v) is 6.31. The minimum absolute atomic E-state index is 0.0260. The summed E-state index contributed by atoms with van der Waals surface area (Å²) in [7, 11) is 0. The number of hydrogen-bond acceptors (Lipinski definition) is 1.